The number of carboxylic acids is 1. The van der Waals surface area contributed by atoms with Gasteiger partial charge in [-0.15, -0.1) is 0 Å². The fourth-order valence-electron chi connectivity index (χ4n) is 2.28. The Kier molecular flexibility index (Phi) is 2.75. The summed E-state index contributed by atoms with van der Waals surface area (Å²) in [6, 6.07) is 8.82. The predicted octanol–water partition coefficient (Wildman–Crippen LogP) is 2.64. The third-order valence-electron chi connectivity index (χ3n) is 3.28. The summed E-state index contributed by atoms with van der Waals surface area (Å²) in [6.45, 7) is 1.93. The van der Waals surface area contributed by atoms with E-state index in [9.17, 15) is 4.79 Å². The second kappa shape index (κ2) is 4.45. The number of aromatic carboxylic acids is 1. The molecule has 5 heteroatoms. The van der Waals surface area contributed by atoms with E-state index in [0.717, 1.165) is 22.6 Å². The van der Waals surface area contributed by atoms with Crippen molar-refractivity contribution in [3.8, 4) is 11.4 Å². The van der Waals surface area contributed by atoms with E-state index in [-0.39, 0.29) is 5.56 Å². The number of pyridine rings is 1. The number of fused-ring (bicyclic) bond motifs is 1. The first-order valence-electron chi connectivity index (χ1n) is 6.19. The lowest BCUT2D eigenvalue weighted by molar-refractivity contribution is 0.0697. The van der Waals surface area contributed by atoms with E-state index < -0.39 is 5.97 Å². The molecule has 2 heterocycles. The minimum Gasteiger partial charge on any atom is -0.478 e. The normalized spacial score (nSPS) is 10.9. The maximum atomic E-state index is 11.0. The molecule has 5 nitrogen and oxygen atoms in total. The standard InChI is InChI=1S/C15H13N3O2/c1-9-7-10(5-6-16-9)14-17-12-8-11(15(19)20)3-4-13(12)18(14)2/h3-8H,1-2H3,(H,19,20). The zero-order valence-electron chi connectivity index (χ0n) is 11.2. The van der Waals surface area contributed by atoms with Gasteiger partial charge in [0, 0.05) is 24.5 Å². The van der Waals surface area contributed by atoms with Gasteiger partial charge >= 0.3 is 5.97 Å². The first-order valence-corrected chi connectivity index (χ1v) is 6.19. The molecule has 0 aliphatic carbocycles. The minimum atomic E-state index is -0.946. The first kappa shape index (κ1) is 12.3. The fraction of sp³-hybridized carbons (Fsp3) is 0.133. The largest absolute Gasteiger partial charge is 0.478 e. The van der Waals surface area contributed by atoms with Crippen molar-refractivity contribution in [2.45, 2.75) is 6.92 Å². The molecular formula is C15H13N3O2. The minimum absolute atomic E-state index is 0.244. The van der Waals surface area contributed by atoms with Crippen LogP contribution in [-0.4, -0.2) is 25.6 Å². The van der Waals surface area contributed by atoms with E-state index in [1.54, 1.807) is 24.4 Å². The molecule has 100 valence electrons. The first-order chi connectivity index (χ1) is 9.56. The Hall–Kier alpha value is -2.69. The molecule has 1 aromatic carbocycles. The number of carbonyl (C=O) groups is 1. The summed E-state index contributed by atoms with van der Waals surface area (Å²) in [5, 5.41) is 9.03. The SMILES string of the molecule is Cc1cc(-c2nc3cc(C(=O)O)ccc3n2C)ccn1. The molecule has 0 fully saturated rings. The van der Waals surface area contributed by atoms with Crippen LogP contribution in [0, 0.1) is 6.92 Å². The quantitative estimate of drug-likeness (QED) is 0.775. The molecule has 0 saturated carbocycles. The van der Waals surface area contributed by atoms with Crippen LogP contribution >= 0.6 is 0 Å². The van der Waals surface area contributed by atoms with Crippen molar-refractivity contribution in [2.24, 2.45) is 7.05 Å². The highest BCUT2D eigenvalue weighted by Gasteiger charge is 2.12. The molecule has 1 N–H and O–H groups in total. The van der Waals surface area contributed by atoms with Crippen molar-refractivity contribution in [1.82, 2.24) is 14.5 Å². The van der Waals surface area contributed by atoms with Crippen LogP contribution in [-0.2, 0) is 7.05 Å². The number of hydrogen-bond donors (Lipinski definition) is 1. The number of benzene rings is 1. The van der Waals surface area contributed by atoms with Crippen molar-refractivity contribution in [3.05, 3.63) is 47.8 Å². The molecule has 0 radical (unpaired) electrons. The number of imidazole rings is 1. The van der Waals surface area contributed by atoms with Gasteiger partial charge in [0.05, 0.1) is 16.6 Å². The maximum Gasteiger partial charge on any atom is 0.335 e. The lowest BCUT2D eigenvalue weighted by Gasteiger charge is -2.02. The molecule has 3 aromatic rings. The van der Waals surface area contributed by atoms with Crippen LogP contribution in [0.15, 0.2) is 36.5 Å². The van der Waals surface area contributed by atoms with Gasteiger partial charge in [-0.25, -0.2) is 9.78 Å². The van der Waals surface area contributed by atoms with Crippen LogP contribution in [0.4, 0.5) is 0 Å². The van der Waals surface area contributed by atoms with Gasteiger partial charge in [0.15, 0.2) is 0 Å². The Morgan fingerprint density at radius 1 is 1.25 bits per heavy atom. The topological polar surface area (TPSA) is 68.0 Å². The highest BCUT2D eigenvalue weighted by atomic mass is 16.4. The fourth-order valence-corrected chi connectivity index (χ4v) is 2.28. The van der Waals surface area contributed by atoms with Gasteiger partial charge in [0.1, 0.15) is 5.82 Å². The van der Waals surface area contributed by atoms with Crippen molar-refractivity contribution in [2.75, 3.05) is 0 Å². The summed E-state index contributed by atoms with van der Waals surface area (Å²) in [6.07, 6.45) is 1.74. The molecule has 0 amide bonds. The number of rotatable bonds is 2. The summed E-state index contributed by atoms with van der Waals surface area (Å²) < 4.78 is 1.95. The highest BCUT2D eigenvalue weighted by molar-refractivity contribution is 5.93. The second-order valence-corrected chi connectivity index (χ2v) is 4.69. The lowest BCUT2D eigenvalue weighted by Crippen LogP contribution is -1.96. The molecular weight excluding hydrogens is 254 g/mol. The lowest BCUT2D eigenvalue weighted by atomic mass is 10.2. The number of aromatic nitrogens is 3. The molecule has 0 unspecified atom stereocenters. The van der Waals surface area contributed by atoms with Crippen LogP contribution in [0.2, 0.25) is 0 Å². The number of hydrogen-bond acceptors (Lipinski definition) is 3. The van der Waals surface area contributed by atoms with Crippen LogP contribution in [0.25, 0.3) is 22.4 Å². The van der Waals surface area contributed by atoms with Gasteiger partial charge in [0.2, 0.25) is 0 Å². The van der Waals surface area contributed by atoms with Gasteiger partial charge in [0.25, 0.3) is 0 Å². The zero-order valence-corrected chi connectivity index (χ0v) is 11.2. The third kappa shape index (κ3) is 1.93. The Labute approximate surface area is 115 Å². The Morgan fingerprint density at radius 2 is 2.05 bits per heavy atom. The molecule has 0 saturated heterocycles. The van der Waals surface area contributed by atoms with Crippen LogP contribution in [0.1, 0.15) is 16.1 Å². The summed E-state index contributed by atoms with van der Waals surface area (Å²) >= 11 is 0. The van der Waals surface area contributed by atoms with E-state index in [0.29, 0.717) is 5.52 Å². The van der Waals surface area contributed by atoms with Gasteiger partial charge < -0.3 is 9.67 Å². The molecule has 0 atom stereocenters. The van der Waals surface area contributed by atoms with E-state index >= 15 is 0 Å². The van der Waals surface area contributed by atoms with Crippen molar-refractivity contribution in [1.29, 1.82) is 0 Å². The molecule has 0 aliphatic rings. The summed E-state index contributed by atoms with van der Waals surface area (Å²) in [4.78, 5) is 19.7. The Bertz CT molecular complexity index is 821. The van der Waals surface area contributed by atoms with Gasteiger partial charge in [-0.1, -0.05) is 0 Å². The predicted molar refractivity (Wildman–Crippen MR) is 75.6 cm³/mol. The van der Waals surface area contributed by atoms with E-state index in [1.165, 1.54) is 0 Å². The van der Waals surface area contributed by atoms with E-state index in [4.69, 9.17) is 5.11 Å². The average molecular weight is 267 g/mol. The van der Waals surface area contributed by atoms with Gasteiger partial charge in [-0.05, 0) is 37.3 Å². The zero-order chi connectivity index (χ0) is 14.3. The van der Waals surface area contributed by atoms with Crippen LogP contribution in [0.3, 0.4) is 0 Å². The smallest absolute Gasteiger partial charge is 0.335 e. The Morgan fingerprint density at radius 3 is 2.75 bits per heavy atom. The average Bonchev–Trinajstić information content (AvgIpc) is 2.75. The van der Waals surface area contributed by atoms with E-state index in [1.807, 2.05) is 30.7 Å². The van der Waals surface area contributed by atoms with Crippen molar-refractivity contribution in [3.63, 3.8) is 0 Å². The molecule has 2 aromatic heterocycles. The van der Waals surface area contributed by atoms with E-state index in [2.05, 4.69) is 9.97 Å². The second-order valence-electron chi connectivity index (χ2n) is 4.69. The summed E-state index contributed by atoms with van der Waals surface area (Å²) in [7, 11) is 1.92. The monoisotopic (exact) mass is 267 g/mol. The molecule has 0 aliphatic heterocycles. The third-order valence-corrected chi connectivity index (χ3v) is 3.28. The number of carboxylic acid groups (broad SMARTS) is 1. The van der Waals surface area contributed by atoms with Crippen molar-refractivity contribution < 1.29 is 9.90 Å². The molecule has 3 rings (SSSR count). The van der Waals surface area contributed by atoms with Gasteiger partial charge in [-0.2, -0.15) is 0 Å². The molecule has 20 heavy (non-hydrogen) atoms. The van der Waals surface area contributed by atoms with Crippen molar-refractivity contribution >= 4 is 17.0 Å². The van der Waals surface area contributed by atoms with Crippen LogP contribution < -0.4 is 0 Å². The Balaban J connectivity index is 2.22. The van der Waals surface area contributed by atoms with Crippen LogP contribution in [0.5, 0.6) is 0 Å². The highest BCUT2D eigenvalue weighted by Crippen LogP contribution is 2.24. The van der Waals surface area contributed by atoms with Gasteiger partial charge in [-0.3, -0.25) is 4.98 Å². The number of nitrogens with zero attached hydrogens (tertiary/aromatic N) is 3. The maximum absolute atomic E-state index is 11.0. The summed E-state index contributed by atoms with van der Waals surface area (Å²) in [5.41, 5.74) is 3.71. The molecule has 0 bridgehead atoms. The molecule has 0 spiro atoms. The number of aryl methyl sites for hydroxylation is 2. The summed E-state index contributed by atoms with van der Waals surface area (Å²) in [5.74, 6) is -0.146.